The predicted octanol–water partition coefficient (Wildman–Crippen LogP) is 2.39. The quantitative estimate of drug-likeness (QED) is 0.687. The molecule has 1 aliphatic carbocycles. The van der Waals surface area contributed by atoms with E-state index in [0.29, 0.717) is 24.5 Å². The lowest BCUT2D eigenvalue weighted by molar-refractivity contribution is -0.122. The summed E-state index contributed by atoms with van der Waals surface area (Å²) in [6.07, 6.45) is 7.16. The average Bonchev–Trinajstić information content (AvgIpc) is 2.45. The molecule has 1 fully saturated rings. The van der Waals surface area contributed by atoms with E-state index in [-0.39, 0.29) is 5.91 Å². The Bertz CT molecular complexity index is 286. The predicted molar refractivity (Wildman–Crippen MR) is 89.4 cm³/mol. The molecule has 1 rings (SSSR count). The van der Waals surface area contributed by atoms with Gasteiger partial charge in [-0.2, -0.15) is 0 Å². The minimum absolute atomic E-state index is 0.171. The summed E-state index contributed by atoms with van der Waals surface area (Å²) in [5.74, 6) is 0.818. The lowest BCUT2D eigenvalue weighted by atomic mass is 9.90. The van der Waals surface area contributed by atoms with E-state index in [2.05, 4.69) is 43.4 Å². The van der Waals surface area contributed by atoms with E-state index in [0.717, 1.165) is 19.5 Å². The summed E-state index contributed by atoms with van der Waals surface area (Å²) in [6, 6.07) is 1.26. The lowest BCUT2D eigenvalue weighted by Crippen LogP contribution is -2.44. The molecule has 0 saturated heterocycles. The summed E-state index contributed by atoms with van der Waals surface area (Å²) in [5, 5.41) is 6.64. The number of likely N-dealkylation sites (N-methyl/N-ethyl adjacent to an activating group) is 1. The molecule has 0 aromatic heterocycles. The number of hydrogen-bond acceptors (Lipinski definition) is 3. The maximum Gasteiger partial charge on any atom is 0.234 e. The molecule has 4 heteroatoms. The number of carbonyl (C=O) groups is 1. The van der Waals surface area contributed by atoms with Crippen molar-refractivity contribution in [1.29, 1.82) is 0 Å². The Balaban J connectivity index is 2.18. The third-order valence-electron chi connectivity index (χ3n) is 4.44. The zero-order valence-electron chi connectivity index (χ0n) is 14.5. The molecule has 0 aliphatic heterocycles. The topological polar surface area (TPSA) is 44.4 Å². The van der Waals surface area contributed by atoms with Crippen molar-refractivity contribution in [3.05, 3.63) is 0 Å². The minimum atomic E-state index is 0.171. The van der Waals surface area contributed by atoms with Gasteiger partial charge in [-0.05, 0) is 58.0 Å². The van der Waals surface area contributed by atoms with Crippen LogP contribution in [0.5, 0.6) is 0 Å². The van der Waals surface area contributed by atoms with E-state index in [1.165, 1.54) is 32.1 Å². The first-order valence-electron chi connectivity index (χ1n) is 8.73. The molecule has 0 unspecified atom stereocenters. The molecule has 0 heterocycles. The summed E-state index contributed by atoms with van der Waals surface area (Å²) < 4.78 is 0. The molecule has 0 aromatic rings. The van der Waals surface area contributed by atoms with Gasteiger partial charge in [0, 0.05) is 18.6 Å². The van der Waals surface area contributed by atoms with Crippen LogP contribution in [-0.4, -0.2) is 49.6 Å². The second-order valence-electron chi connectivity index (χ2n) is 6.91. The molecule has 4 nitrogen and oxygen atoms in total. The fourth-order valence-corrected chi connectivity index (χ4v) is 2.98. The van der Waals surface area contributed by atoms with Crippen LogP contribution in [0.25, 0.3) is 0 Å². The van der Waals surface area contributed by atoms with Crippen molar-refractivity contribution in [2.45, 2.75) is 71.4 Å². The van der Waals surface area contributed by atoms with E-state index in [1.54, 1.807) is 0 Å². The summed E-state index contributed by atoms with van der Waals surface area (Å²) in [4.78, 5) is 14.2. The highest BCUT2D eigenvalue weighted by Gasteiger charge is 2.24. The monoisotopic (exact) mass is 297 g/mol. The van der Waals surface area contributed by atoms with Crippen LogP contribution in [0.1, 0.15) is 59.3 Å². The average molecular weight is 297 g/mol. The second kappa shape index (κ2) is 10.2. The molecule has 1 aliphatic rings. The van der Waals surface area contributed by atoms with Gasteiger partial charge >= 0.3 is 0 Å². The van der Waals surface area contributed by atoms with E-state index in [9.17, 15) is 4.79 Å². The van der Waals surface area contributed by atoms with Crippen LogP contribution in [-0.2, 0) is 4.79 Å². The molecule has 2 N–H and O–H groups in total. The highest BCUT2D eigenvalue weighted by molar-refractivity contribution is 5.77. The molecule has 0 aromatic carbocycles. The first kappa shape index (κ1) is 18.4. The zero-order chi connectivity index (χ0) is 15.7. The molecule has 0 radical (unpaired) electrons. The van der Waals surface area contributed by atoms with E-state index in [4.69, 9.17) is 0 Å². The smallest absolute Gasteiger partial charge is 0.234 e. The SMILES string of the molecule is CCCNC1CCC(N(C)CC(=O)NCCC(C)C)CC1. The molecule has 0 bridgehead atoms. The van der Waals surface area contributed by atoms with Crippen molar-refractivity contribution in [3.63, 3.8) is 0 Å². The van der Waals surface area contributed by atoms with Crippen molar-refractivity contribution in [2.24, 2.45) is 5.92 Å². The van der Waals surface area contributed by atoms with Crippen LogP contribution in [0.4, 0.5) is 0 Å². The molecular formula is C17H35N3O. The Kier molecular flexibility index (Phi) is 8.93. The highest BCUT2D eigenvalue weighted by atomic mass is 16.2. The molecular weight excluding hydrogens is 262 g/mol. The molecule has 0 atom stereocenters. The van der Waals surface area contributed by atoms with Gasteiger partial charge < -0.3 is 10.6 Å². The number of nitrogens with zero attached hydrogens (tertiary/aromatic N) is 1. The van der Waals surface area contributed by atoms with Crippen molar-refractivity contribution >= 4 is 5.91 Å². The summed E-state index contributed by atoms with van der Waals surface area (Å²) in [7, 11) is 2.09. The summed E-state index contributed by atoms with van der Waals surface area (Å²) in [6.45, 7) is 9.05. The Morgan fingerprint density at radius 2 is 1.86 bits per heavy atom. The highest BCUT2D eigenvalue weighted by Crippen LogP contribution is 2.22. The largest absolute Gasteiger partial charge is 0.355 e. The number of carbonyl (C=O) groups excluding carboxylic acids is 1. The Labute approximate surface area is 131 Å². The van der Waals surface area contributed by atoms with Crippen LogP contribution >= 0.6 is 0 Å². The van der Waals surface area contributed by atoms with Gasteiger partial charge in [-0.3, -0.25) is 9.69 Å². The van der Waals surface area contributed by atoms with Gasteiger partial charge in [0.25, 0.3) is 0 Å². The maximum atomic E-state index is 11.9. The first-order valence-corrected chi connectivity index (χ1v) is 8.73. The van der Waals surface area contributed by atoms with Crippen LogP contribution in [0, 0.1) is 5.92 Å². The van der Waals surface area contributed by atoms with Crippen LogP contribution in [0.3, 0.4) is 0 Å². The third kappa shape index (κ3) is 7.82. The van der Waals surface area contributed by atoms with Gasteiger partial charge in [-0.1, -0.05) is 20.8 Å². The number of rotatable bonds is 9. The molecule has 21 heavy (non-hydrogen) atoms. The number of amides is 1. The number of hydrogen-bond donors (Lipinski definition) is 2. The van der Waals surface area contributed by atoms with Gasteiger partial charge in [0.2, 0.25) is 5.91 Å². The summed E-state index contributed by atoms with van der Waals surface area (Å²) >= 11 is 0. The van der Waals surface area contributed by atoms with Crippen LogP contribution < -0.4 is 10.6 Å². The summed E-state index contributed by atoms with van der Waals surface area (Å²) in [5.41, 5.74) is 0. The van der Waals surface area contributed by atoms with Crippen LogP contribution in [0.2, 0.25) is 0 Å². The van der Waals surface area contributed by atoms with E-state index < -0.39 is 0 Å². The van der Waals surface area contributed by atoms with Gasteiger partial charge in [0.1, 0.15) is 0 Å². The van der Waals surface area contributed by atoms with Crippen molar-refractivity contribution in [3.8, 4) is 0 Å². The standard InChI is InChI=1S/C17H35N3O/c1-5-11-18-15-6-8-16(9-7-15)20(4)13-17(21)19-12-10-14(2)3/h14-16,18H,5-13H2,1-4H3,(H,19,21). The number of nitrogens with one attached hydrogen (secondary N) is 2. The molecule has 124 valence electrons. The van der Waals surface area contributed by atoms with Crippen molar-refractivity contribution in [1.82, 2.24) is 15.5 Å². The van der Waals surface area contributed by atoms with Crippen LogP contribution in [0.15, 0.2) is 0 Å². The minimum Gasteiger partial charge on any atom is -0.355 e. The molecule has 0 spiro atoms. The molecule has 1 saturated carbocycles. The Morgan fingerprint density at radius 3 is 2.43 bits per heavy atom. The Morgan fingerprint density at radius 1 is 1.19 bits per heavy atom. The van der Waals surface area contributed by atoms with Crippen molar-refractivity contribution in [2.75, 3.05) is 26.7 Å². The fraction of sp³-hybridized carbons (Fsp3) is 0.941. The third-order valence-corrected chi connectivity index (χ3v) is 4.44. The lowest BCUT2D eigenvalue weighted by Gasteiger charge is -2.34. The first-order chi connectivity index (χ1) is 10.0. The Hall–Kier alpha value is -0.610. The van der Waals surface area contributed by atoms with Crippen molar-refractivity contribution < 1.29 is 4.79 Å². The van der Waals surface area contributed by atoms with Gasteiger partial charge in [-0.15, -0.1) is 0 Å². The zero-order valence-corrected chi connectivity index (χ0v) is 14.5. The van der Waals surface area contributed by atoms with Gasteiger partial charge in [-0.25, -0.2) is 0 Å². The fourth-order valence-electron chi connectivity index (χ4n) is 2.98. The van der Waals surface area contributed by atoms with Gasteiger partial charge in [0.15, 0.2) is 0 Å². The maximum absolute atomic E-state index is 11.9. The second-order valence-corrected chi connectivity index (χ2v) is 6.91. The molecule has 1 amide bonds. The normalized spacial score (nSPS) is 22.8. The van der Waals surface area contributed by atoms with Gasteiger partial charge in [0.05, 0.1) is 6.54 Å². The van der Waals surface area contributed by atoms with E-state index in [1.807, 2.05) is 0 Å². The van der Waals surface area contributed by atoms with E-state index >= 15 is 0 Å².